The molecule has 1 aliphatic carbocycles. The van der Waals surface area contributed by atoms with Crippen LogP contribution in [0, 0.1) is 5.92 Å². The number of benzene rings is 1. The predicted molar refractivity (Wildman–Crippen MR) is 90.0 cm³/mol. The number of hydrogen-bond donors (Lipinski definition) is 3. The van der Waals surface area contributed by atoms with Gasteiger partial charge in [0.1, 0.15) is 0 Å². The molecule has 0 atom stereocenters. The summed E-state index contributed by atoms with van der Waals surface area (Å²) in [7, 11) is -3.81. The van der Waals surface area contributed by atoms with Crippen LogP contribution in [0.3, 0.4) is 0 Å². The number of halogens is 2. The van der Waals surface area contributed by atoms with Crippen LogP contribution >= 0.6 is 0 Å². The molecule has 144 valence electrons. The number of carboxylic acids is 1. The Labute approximate surface area is 149 Å². The molecule has 0 heterocycles. The molecule has 1 fully saturated rings. The van der Waals surface area contributed by atoms with E-state index in [1.54, 1.807) is 0 Å². The lowest BCUT2D eigenvalue weighted by Gasteiger charge is -2.26. The van der Waals surface area contributed by atoms with Crippen molar-refractivity contribution in [3.63, 3.8) is 0 Å². The summed E-state index contributed by atoms with van der Waals surface area (Å²) in [5.41, 5.74) is -0.628. The summed E-state index contributed by atoms with van der Waals surface area (Å²) in [6, 6.07) is 2.39. The molecule has 0 unspecified atom stereocenters. The number of aliphatic carboxylic acids is 1. The lowest BCUT2D eigenvalue weighted by Crippen LogP contribution is -2.41. The summed E-state index contributed by atoms with van der Waals surface area (Å²) in [6.45, 7) is 0. The first-order valence-corrected chi connectivity index (χ1v) is 9.89. The van der Waals surface area contributed by atoms with Crippen LogP contribution in [0.1, 0.15) is 37.7 Å². The fraction of sp³-hybridized carbons (Fsp3) is 0.500. The van der Waals surface area contributed by atoms with Gasteiger partial charge in [0, 0.05) is 23.5 Å². The van der Waals surface area contributed by atoms with E-state index in [0.717, 1.165) is 18.4 Å². The average molecular weight is 390 g/mol. The van der Waals surface area contributed by atoms with Gasteiger partial charge in [-0.15, -0.1) is 0 Å². The van der Waals surface area contributed by atoms with Gasteiger partial charge < -0.3 is 15.7 Å². The SMILES string of the molecule is CS(=O)(=O)c1ccc(NC(=O)NC2CCC(C(=O)O)CC2)cc1C(F)F. The Morgan fingerprint density at radius 2 is 1.81 bits per heavy atom. The number of urea groups is 1. The van der Waals surface area contributed by atoms with Crippen LogP contribution in [0.5, 0.6) is 0 Å². The maximum absolute atomic E-state index is 13.1. The van der Waals surface area contributed by atoms with Crippen LogP contribution in [0.2, 0.25) is 0 Å². The molecule has 1 aromatic carbocycles. The lowest BCUT2D eigenvalue weighted by molar-refractivity contribution is -0.142. The van der Waals surface area contributed by atoms with E-state index in [4.69, 9.17) is 5.11 Å². The molecule has 0 aliphatic heterocycles. The molecule has 0 radical (unpaired) electrons. The first-order chi connectivity index (χ1) is 12.1. The monoisotopic (exact) mass is 390 g/mol. The summed E-state index contributed by atoms with van der Waals surface area (Å²) >= 11 is 0. The van der Waals surface area contributed by atoms with Gasteiger partial charge in [-0.05, 0) is 43.9 Å². The van der Waals surface area contributed by atoms with Crippen molar-refractivity contribution >= 4 is 27.5 Å². The maximum Gasteiger partial charge on any atom is 0.319 e. The molecule has 7 nitrogen and oxygen atoms in total. The van der Waals surface area contributed by atoms with E-state index in [1.165, 1.54) is 6.07 Å². The molecule has 0 aromatic heterocycles. The van der Waals surface area contributed by atoms with Crippen LogP contribution in [-0.2, 0) is 14.6 Å². The van der Waals surface area contributed by atoms with Gasteiger partial charge in [-0.2, -0.15) is 0 Å². The second kappa shape index (κ2) is 7.98. The highest BCUT2D eigenvalue weighted by Crippen LogP contribution is 2.29. The normalized spacial score (nSPS) is 20.6. The highest BCUT2D eigenvalue weighted by Gasteiger charge is 2.27. The number of alkyl halides is 2. The second-order valence-corrected chi connectivity index (χ2v) is 8.29. The van der Waals surface area contributed by atoms with Gasteiger partial charge >= 0.3 is 12.0 Å². The van der Waals surface area contributed by atoms with Gasteiger partial charge in [-0.1, -0.05) is 0 Å². The number of anilines is 1. The van der Waals surface area contributed by atoms with Crippen molar-refractivity contribution in [2.75, 3.05) is 11.6 Å². The molecule has 1 saturated carbocycles. The van der Waals surface area contributed by atoms with Gasteiger partial charge in [0.25, 0.3) is 6.43 Å². The van der Waals surface area contributed by atoms with Gasteiger partial charge in [0.05, 0.1) is 10.8 Å². The highest BCUT2D eigenvalue weighted by atomic mass is 32.2. The molecule has 10 heteroatoms. The van der Waals surface area contributed by atoms with Crippen molar-refractivity contribution in [1.29, 1.82) is 0 Å². The molecular formula is C16H20F2N2O5S. The predicted octanol–water partition coefficient (Wildman–Crippen LogP) is 2.79. The van der Waals surface area contributed by atoms with Gasteiger partial charge in [0.15, 0.2) is 9.84 Å². The zero-order valence-corrected chi connectivity index (χ0v) is 14.9. The van der Waals surface area contributed by atoms with E-state index in [0.29, 0.717) is 25.7 Å². The molecule has 0 bridgehead atoms. The smallest absolute Gasteiger partial charge is 0.319 e. The Morgan fingerprint density at radius 1 is 1.19 bits per heavy atom. The Morgan fingerprint density at radius 3 is 2.31 bits per heavy atom. The Bertz CT molecular complexity index is 790. The summed E-state index contributed by atoms with van der Waals surface area (Å²) < 4.78 is 49.3. The second-order valence-electron chi connectivity index (χ2n) is 6.31. The topological polar surface area (TPSA) is 113 Å². The molecule has 3 N–H and O–H groups in total. The maximum atomic E-state index is 13.1. The van der Waals surface area contributed by atoms with Crippen LogP contribution < -0.4 is 10.6 Å². The fourth-order valence-corrected chi connectivity index (χ4v) is 3.86. The first-order valence-electron chi connectivity index (χ1n) is 8.00. The standard InChI is InChI=1S/C16H20F2N2O5S/c1-26(24,25)13-7-6-11(8-12(13)14(17)18)20-16(23)19-10-4-2-9(3-5-10)15(21)22/h6-10,14H,2-5H2,1H3,(H,21,22)(H2,19,20,23). The van der Waals surface area contributed by atoms with E-state index in [1.807, 2.05) is 0 Å². The van der Waals surface area contributed by atoms with E-state index in [2.05, 4.69) is 10.6 Å². The summed E-state index contributed by atoms with van der Waals surface area (Å²) in [5, 5.41) is 14.0. The number of sulfone groups is 1. The van der Waals surface area contributed by atoms with Crippen LogP contribution in [0.15, 0.2) is 23.1 Å². The third-order valence-electron chi connectivity index (χ3n) is 4.31. The zero-order valence-electron chi connectivity index (χ0n) is 14.0. The third-order valence-corrected chi connectivity index (χ3v) is 5.48. The molecule has 2 rings (SSSR count). The number of carbonyl (C=O) groups excluding carboxylic acids is 1. The van der Waals surface area contributed by atoms with Crippen molar-refractivity contribution < 1.29 is 31.9 Å². The summed E-state index contributed by atoms with van der Waals surface area (Å²) in [5.74, 6) is -1.26. The summed E-state index contributed by atoms with van der Waals surface area (Å²) in [6.07, 6.45) is -0.227. The number of carboxylic acid groups (broad SMARTS) is 1. The van der Waals surface area contributed by atoms with Crippen LogP contribution in [0.4, 0.5) is 19.3 Å². The fourth-order valence-electron chi connectivity index (χ4n) is 2.97. The van der Waals surface area contributed by atoms with E-state index >= 15 is 0 Å². The van der Waals surface area contributed by atoms with Gasteiger partial charge in [0.2, 0.25) is 0 Å². The number of amides is 2. The Hall–Kier alpha value is -2.23. The number of carbonyl (C=O) groups is 2. The molecule has 0 saturated heterocycles. The number of nitrogens with one attached hydrogen (secondary N) is 2. The minimum absolute atomic E-state index is 0.0458. The molecule has 0 spiro atoms. The quantitative estimate of drug-likeness (QED) is 0.716. The minimum Gasteiger partial charge on any atom is -0.481 e. The Kier molecular flexibility index (Phi) is 6.17. The van der Waals surface area contributed by atoms with E-state index < -0.39 is 44.6 Å². The minimum atomic E-state index is -3.81. The van der Waals surface area contributed by atoms with Crippen molar-refractivity contribution in [3.05, 3.63) is 23.8 Å². The van der Waals surface area contributed by atoms with Crippen LogP contribution in [-0.4, -0.2) is 37.8 Å². The van der Waals surface area contributed by atoms with Gasteiger partial charge in [-0.3, -0.25) is 4.79 Å². The molecular weight excluding hydrogens is 370 g/mol. The molecule has 1 aliphatic rings. The van der Waals surface area contributed by atoms with Crippen molar-refractivity contribution in [1.82, 2.24) is 5.32 Å². The van der Waals surface area contributed by atoms with Crippen LogP contribution in [0.25, 0.3) is 0 Å². The third kappa shape index (κ3) is 5.13. The summed E-state index contributed by atoms with van der Waals surface area (Å²) in [4.78, 5) is 22.4. The van der Waals surface area contributed by atoms with Crippen molar-refractivity contribution in [3.8, 4) is 0 Å². The van der Waals surface area contributed by atoms with E-state index in [-0.39, 0.29) is 11.7 Å². The largest absolute Gasteiger partial charge is 0.481 e. The van der Waals surface area contributed by atoms with Crippen molar-refractivity contribution in [2.24, 2.45) is 5.92 Å². The first kappa shape index (κ1) is 20.1. The highest BCUT2D eigenvalue weighted by molar-refractivity contribution is 7.90. The molecule has 1 aromatic rings. The van der Waals surface area contributed by atoms with E-state index in [9.17, 15) is 26.8 Å². The number of rotatable bonds is 5. The average Bonchev–Trinajstić information content (AvgIpc) is 2.54. The van der Waals surface area contributed by atoms with Crippen molar-refractivity contribution in [2.45, 2.75) is 43.0 Å². The Balaban J connectivity index is 2.01. The number of hydrogen-bond acceptors (Lipinski definition) is 4. The zero-order chi connectivity index (χ0) is 19.5. The van der Waals surface area contributed by atoms with Gasteiger partial charge in [-0.25, -0.2) is 22.0 Å². The lowest BCUT2D eigenvalue weighted by atomic mass is 9.86. The molecule has 2 amide bonds. The molecule has 26 heavy (non-hydrogen) atoms.